The van der Waals surface area contributed by atoms with Crippen LogP contribution in [0, 0.1) is 0 Å². The molecule has 0 aromatic heterocycles. The lowest BCUT2D eigenvalue weighted by Gasteiger charge is -2.34. The van der Waals surface area contributed by atoms with E-state index in [0.717, 1.165) is 32.2 Å². The molecular formula is C12H19NO2. The molecule has 3 heteroatoms. The van der Waals surface area contributed by atoms with Gasteiger partial charge in [-0.25, -0.2) is 0 Å². The highest BCUT2D eigenvalue weighted by molar-refractivity contribution is 5.87. The summed E-state index contributed by atoms with van der Waals surface area (Å²) in [5.74, 6) is 0.601. The quantitative estimate of drug-likeness (QED) is 0.712. The molecule has 1 heterocycles. The fraction of sp³-hybridized carbons (Fsp3) is 0.833. The SMILES string of the molecule is CCCCN1C(=O)CCC12CCC(=O)C2. The first-order valence-corrected chi connectivity index (χ1v) is 6.00. The first-order valence-electron chi connectivity index (χ1n) is 6.00. The summed E-state index contributed by atoms with van der Waals surface area (Å²) in [7, 11) is 0. The maximum atomic E-state index is 11.8. The average molecular weight is 209 g/mol. The largest absolute Gasteiger partial charge is 0.337 e. The van der Waals surface area contributed by atoms with Gasteiger partial charge in [0.15, 0.2) is 0 Å². The van der Waals surface area contributed by atoms with E-state index in [4.69, 9.17) is 0 Å². The Balaban J connectivity index is 2.10. The minimum absolute atomic E-state index is 0.0661. The van der Waals surface area contributed by atoms with E-state index in [0.29, 0.717) is 25.0 Å². The number of amides is 1. The first-order chi connectivity index (χ1) is 7.18. The fourth-order valence-electron chi connectivity index (χ4n) is 2.91. The predicted octanol–water partition coefficient (Wildman–Crippen LogP) is 1.90. The first kappa shape index (κ1) is 10.7. The van der Waals surface area contributed by atoms with Crippen LogP contribution in [0.15, 0.2) is 0 Å². The molecular weight excluding hydrogens is 190 g/mol. The summed E-state index contributed by atoms with van der Waals surface area (Å²) in [6, 6.07) is 0. The van der Waals surface area contributed by atoms with Gasteiger partial charge in [-0.05, 0) is 19.3 Å². The molecule has 2 aliphatic rings. The van der Waals surface area contributed by atoms with Gasteiger partial charge in [-0.15, -0.1) is 0 Å². The molecule has 0 aromatic rings. The molecule has 1 saturated heterocycles. The lowest BCUT2D eigenvalue weighted by Crippen LogP contribution is -2.44. The van der Waals surface area contributed by atoms with Crippen LogP contribution in [0.1, 0.15) is 51.9 Å². The van der Waals surface area contributed by atoms with E-state index in [-0.39, 0.29) is 11.4 Å². The number of hydrogen-bond acceptors (Lipinski definition) is 2. The molecule has 1 spiro atoms. The van der Waals surface area contributed by atoms with Crippen LogP contribution in [0.2, 0.25) is 0 Å². The molecule has 2 rings (SSSR count). The van der Waals surface area contributed by atoms with Crippen molar-refractivity contribution in [1.29, 1.82) is 0 Å². The molecule has 0 bridgehead atoms. The number of likely N-dealkylation sites (tertiary alicyclic amines) is 1. The smallest absolute Gasteiger partial charge is 0.223 e. The van der Waals surface area contributed by atoms with E-state index in [2.05, 4.69) is 6.92 Å². The maximum absolute atomic E-state index is 11.8. The number of carbonyl (C=O) groups is 2. The molecule has 84 valence electrons. The van der Waals surface area contributed by atoms with Crippen LogP contribution < -0.4 is 0 Å². The lowest BCUT2D eigenvalue weighted by molar-refractivity contribution is -0.131. The lowest BCUT2D eigenvalue weighted by atomic mass is 9.94. The van der Waals surface area contributed by atoms with Crippen LogP contribution in [0.3, 0.4) is 0 Å². The van der Waals surface area contributed by atoms with Gasteiger partial charge in [0, 0.05) is 25.8 Å². The molecule has 0 aromatic carbocycles. The maximum Gasteiger partial charge on any atom is 0.223 e. The third-order valence-electron chi connectivity index (χ3n) is 3.81. The molecule has 15 heavy (non-hydrogen) atoms. The Morgan fingerprint density at radius 2 is 2.00 bits per heavy atom. The Morgan fingerprint density at radius 3 is 2.60 bits per heavy atom. The summed E-state index contributed by atoms with van der Waals surface area (Å²) < 4.78 is 0. The zero-order valence-electron chi connectivity index (χ0n) is 9.42. The zero-order valence-corrected chi connectivity index (χ0v) is 9.42. The van der Waals surface area contributed by atoms with Crippen molar-refractivity contribution < 1.29 is 9.59 Å². The number of hydrogen-bond donors (Lipinski definition) is 0. The van der Waals surface area contributed by atoms with Crippen molar-refractivity contribution in [2.45, 2.75) is 57.4 Å². The van der Waals surface area contributed by atoms with E-state index in [1.807, 2.05) is 4.90 Å². The molecule has 0 radical (unpaired) electrons. The van der Waals surface area contributed by atoms with Gasteiger partial charge in [0.25, 0.3) is 0 Å². The van der Waals surface area contributed by atoms with Crippen molar-refractivity contribution in [1.82, 2.24) is 4.90 Å². The third-order valence-corrected chi connectivity index (χ3v) is 3.81. The molecule has 2 fully saturated rings. The summed E-state index contributed by atoms with van der Waals surface area (Å²) in [5.41, 5.74) is -0.0661. The van der Waals surface area contributed by atoms with Crippen molar-refractivity contribution in [2.75, 3.05) is 6.54 Å². The topological polar surface area (TPSA) is 37.4 Å². The molecule has 1 aliphatic carbocycles. The second-order valence-corrected chi connectivity index (χ2v) is 4.84. The Bertz CT molecular complexity index is 283. The van der Waals surface area contributed by atoms with Gasteiger partial charge in [-0.3, -0.25) is 9.59 Å². The van der Waals surface area contributed by atoms with Crippen LogP contribution in [-0.2, 0) is 9.59 Å². The average Bonchev–Trinajstić information content (AvgIpc) is 2.72. The van der Waals surface area contributed by atoms with Crippen molar-refractivity contribution in [3.05, 3.63) is 0 Å². The van der Waals surface area contributed by atoms with Gasteiger partial charge >= 0.3 is 0 Å². The van der Waals surface area contributed by atoms with Crippen molar-refractivity contribution in [3.8, 4) is 0 Å². The van der Waals surface area contributed by atoms with Gasteiger partial charge in [0.2, 0.25) is 5.91 Å². The second kappa shape index (κ2) is 3.95. The number of carbonyl (C=O) groups excluding carboxylic acids is 2. The molecule has 1 atom stereocenters. The van der Waals surface area contributed by atoms with Crippen LogP contribution in [0.4, 0.5) is 0 Å². The minimum atomic E-state index is -0.0661. The summed E-state index contributed by atoms with van der Waals surface area (Å²) in [6.45, 7) is 2.98. The summed E-state index contributed by atoms with van der Waals surface area (Å²) in [6.07, 6.45) is 5.91. The van der Waals surface area contributed by atoms with E-state index in [1.54, 1.807) is 0 Å². The van der Waals surface area contributed by atoms with Crippen LogP contribution >= 0.6 is 0 Å². The van der Waals surface area contributed by atoms with Crippen molar-refractivity contribution in [2.24, 2.45) is 0 Å². The molecule has 3 nitrogen and oxygen atoms in total. The number of Topliss-reactive ketones (excluding diaryl/α,β-unsaturated/α-hetero) is 1. The molecule has 1 unspecified atom stereocenters. The van der Waals surface area contributed by atoms with Crippen LogP contribution in [-0.4, -0.2) is 28.7 Å². The fourth-order valence-corrected chi connectivity index (χ4v) is 2.91. The Labute approximate surface area is 90.8 Å². The van der Waals surface area contributed by atoms with Crippen molar-refractivity contribution in [3.63, 3.8) is 0 Å². The number of ketones is 1. The van der Waals surface area contributed by atoms with Gasteiger partial charge in [-0.2, -0.15) is 0 Å². The standard InChI is InChI=1S/C12H19NO2/c1-2-3-8-13-11(15)5-7-12(13)6-4-10(14)9-12/h2-9H2,1H3. The highest BCUT2D eigenvalue weighted by Gasteiger charge is 2.48. The molecule has 0 N–H and O–H groups in total. The normalized spacial score (nSPS) is 30.9. The Hall–Kier alpha value is -0.860. The number of nitrogens with zero attached hydrogens (tertiary/aromatic N) is 1. The Morgan fingerprint density at radius 1 is 1.27 bits per heavy atom. The van der Waals surface area contributed by atoms with E-state index in [9.17, 15) is 9.59 Å². The number of unbranched alkanes of at least 4 members (excludes halogenated alkanes) is 1. The van der Waals surface area contributed by atoms with Crippen LogP contribution in [0.25, 0.3) is 0 Å². The van der Waals surface area contributed by atoms with Gasteiger partial charge < -0.3 is 4.90 Å². The third kappa shape index (κ3) is 1.80. The molecule has 1 amide bonds. The van der Waals surface area contributed by atoms with E-state index < -0.39 is 0 Å². The minimum Gasteiger partial charge on any atom is -0.337 e. The van der Waals surface area contributed by atoms with Gasteiger partial charge in [0.05, 0.1) is 5.54 Å². The highest BCUT2D eigenvalue weighted by atomic mass is 16.2. The zero-order chi connectivity index (χ0) is 10.9. The Kier molecular flexibility index (Phi) is 2.81. The van der Waals surface area contributed by atoms with Gasteiger partial charge in [0.1, 0.15) is 5.78 Å². The summed E-state index contributed by atoms with van der Waals surface area (Å²) >= 11 is 0. The molecule has 1 aliphatic heterocycles. The summed E-state index contributed by atoms with van der Waals surface area (Å²) in [4.78, 5) is 25.2. The second-order valence-electron chi connectivity index (χ2n) is 4.84. The predicted molar refractivity (Wildman–Crippen MR) is 57.4 cm³/mol. The van der Waals surface area contributed by atoms with Crippen LogP contribution in [0.5, 0.6) is 0 Å². The number of rotatable bonds is 3. The van der Waals surface area contributed by atoms with Crippen molar-refractivity contribution >= 4 is 11.7 Å². The van der Waals surface area contributed by atoms with E-state index >= 15 is 0 Å². The van der Waals surface area contributed by atoms with E-state index in [1.165, 1.54) is 0 Å². The van der Waals surface area contributed by atoms with Gasteiger partial charge in [-0.1, -0.05) is 13.3 Å². The monoisotopic (exact) mass is 209 g/mol. The summed E-state index contributed by atoms with van der Waals surface area (Å²) in [5, 5.41) is 0. The molecule has 1 saturated carbocycles. The highest BCUT2D eigenvalue weighted by Crippen LogP contribution is 2.42.